The second-order valence-electron chi connectivity index (χ2n) is 3.89. The lowest BCUT2D eigenvalue weighted by atomic mass is 10.2. The van der Waals surface area contributed by atoms with Crippen LogP contribution in [0.3, 0.4) is 0 Å². The average Bonchev–Trinajstić information content (AvgIpc) is 2.45. The monoisotopic (exact) mass is 296 g/mol. The van der Waals surface area contributed by atoms with Crippen LogP contribution < -0.4 is 5.32 Å². The van der Waals surface area contributed by atoms with Crippen LogP contribution in [-0.2, 0) is 14.3 Å². The van der Waals surface area contributed by atoms with Crippen LogP contribution in [0.5, 0.6) is 0 Å². The molecule has 112 valence electrons. The molecule has 7 nitrogen and oxygen atoms in total. The van der Waals surface area contributed by atoms with Crippen LogP contribution in [0.2, 0.25) is 0 Å². The van der Waals surface area contributed by atoms with E-state index in [1.165, 1.54) is 6.08 Å². The second-order valence-corrected chi connectivity index (χ2v) is 3.89. The number of nitrogens with one attached hydrogen (secondary N) is 1. The zero-order valence-corrected chi connectivity index (χ0v) is 11.2. The summed E-state index contributed by atoms with van der Waals surface area (Å²) in [6.07, 6.45) is 3.36. The number of carbonyl (C=O) groups is 2. The van der Waals surface area contributed by atoms with Crippen molar-refractivity contribution in [2.75, 3.05) is 11.9 Å². The van der Waals surface area contributed by atoms with E-state index in [9.17, 15) is 24.1 Å². The van der Waals surface area contributed by atoms with Crippen LogP contribution >= 0.6 is 0 Å². The van der Waals surface area contributed by atoms with Gasteiger partial charge in [-0.25, -0.2) is 9.18 Å². The third-order valence-corrected chi connectivity index (χ3v) is 2.27. The molecule has 0 radical (unpaired) electrons. The van der Waals surface area contributed by atoms with Crippen molar-refractivity contribution < 1.29 is 23.6 Å². The molecule has 0 aliphatic carbocycles. The molecule has 0 saturated carbocycles. The normalized spacial score (nSPS) is 10.4. The van der Waals surface area contributed by atoms with Gasteiger partial charge in [-0.1, -0.05) is 13.0 Å². The summed E-state index contributed by atoms with van der Waals surface area (Å²) in [5, 5.41) is 12.7. The molecule has 0 aromatic heterocycles. The number of anilines is 1. The highest BCUT2D eigenvalue weighted by Gasteiger charge is 2.13. The summed E-state index contributed by atoms with van der Waals surface area (Å²) < 4.78 is 18.0. The third kappa shape index (κ3) is 5.39. The molecule has 0 saturated heterocycles. The van der Waals surface area contributed by atoms with E-state index in [4.69, 9.17) is 0 Å². The number of amides is 1. The van der Waals surface area contributed by atoms with Crippen molar-refractivity contribution in [3.05, 3.63) is 46.3 Å². The smallest absolute Gasteiger partial charge is 0.330 e. The van der Waals surface area contributed by atoms with Crippen LogP contribution in [0, 0.1) is 15.9 Å². The van der Waals surface area contributed by atoms with Gasteiger partial charge < -0.3 is 10.1 Å². The Morgan fingerprint density at radius 1 is 1.48 bits per heavy atom. The van der Waals surface area contributed by atoms with Crippen molar-refractivity contribution in [3.63, 3.8) is 0 Å². The van der Waals surface area contributed by atoms with Gasteiger partial charge in [0.15, 0.2) is 6.61 Å². The standard InChI is InChI=1S/C13H13FN2O5/c1-2-3-4-13(18)21-8-12(17)15-11-7-9(16(19)20)5-6-10(11)14/h3-7H,2,8H2,1H3,(H,15,17)/b4-3+. The van der Waals surface area contributed by atoms with Crippen LogP contribution in [0.25, 0.3) is 0 Å². The fourth-order valence-electron chi connectivity index (χ4n) is 1.31. The molecule has 8 heteroatoms. The molecule has 21 heavy (non-hydrogen) atoms. The van der Waals surface area contributed by atoms with Crippen molar-refractivity contribution in [1.29, 1.82) is 0 Å². The number of halogens is 1. The molecule has 1 aromatic carbocycles. The third-order valence-electron chi connectivity index (χ3n) is 2.27. The lowest BCUT2D eigenvalue weighted by molar-refractivity contribution is -0.384. The first-order chi connectivity index (χ1) is 9.93. The summed E-state index contributed by atoms with van der Waals surface area (Å²) >= 11 is 0. The van der Waals surface area contributed by atoms with E-state index in [2.05, 4.69) is 10.1 Å². The van der Waals surface area contributed by atoms with Gasteiger partial charge in [0.2, 0.25) is 0 Å². The fraction of sp³-hybridized carbons (Fsp3) is 0.231. The second kappa shape index (κ2) is 7.73. The number of nitro groups is 1. The number of nitrogens with zero attached hydrogens (tertiary/aromatic N) is 1. The van der Waals surface area contributed by atoms with Gasteiger partial charge in [-0.2, -0.15) is 0 Å². The maximum atomic E-state index is 13.4. The largest absolute Gasteiger partial charge is 0.452 e. The van der Waals surface area contributed by atoms with Crippen molar-refractivity contribution in [2.45, 2.75) is 13.3 Å². The van der Waals surface area contributed by atoms with Gasteiger partial charge in [0, 0.05) is 18.2 Å². The first-order valence-electron chi connectivity index (χ1n) is 6.01. The molecule has 1 aromatic rings. The molecule has 0 aliphatic rings. The molecule has 0 aliphatic heterocycles. The minimum atomic E-state index is -0.828. The van der Waals surface area contributed by atoms with Gasteiger partial charge in [0.1, 0.15) is 5.82 Å². The highest BCUT2D eigenvalue weighted by Crippen LogP contribution is 2.21. The summed E-state index contributed by atoms with van der Waals surface area (Å²) in [6.45, 7) is 1.20. The molecule has 0 fully saturated rings. The lowest BCUT2D eigenvalue weighted by Gasteiger charge is -2.06. The van der Waals surface area contributed by atoms with Crippen molar-refractivity contribution in [1.82, 2.24) is 0 Å². The minimum Gasteiger partial charge on any atom is -0.452 e. The number of benzene rings is 1. The van der Waals surface area contributed by atoms with Gasteiger partial charge >= 0.3 is 5.97 Å². The highest BCUT2D eigenvalue weighted by molar-refractivity contribution is 5.94. The van der Waals surface area contributed by atoms with Gasteiger partial charge in [-0.15, -0.1) is 0 Å². The number of non-ortho nitro benzene ring substituents is 1. The number of hydrogen-bond acceptors (Lipinski definition) is 5. The van der Waals surface area contributed by atoms with E-state index in [1.807, 2.05) is 6.92 Å². The first kappa shape index (κ1) is 16.3. The summed E-state index contributed by atoms with van der Waals surface area (Å²) in [5.74, 6) is -2.33. The SMILES string of the molecule is CC/C=C/C(=O)OCC(=O)Nc1cc([N+](=O)[O-])ccc1F. The summed E-state index contributed by atoms with van der Waals surface area (Å²) in [6, 6.07) is 2.72. The summed E-state index contributed by atoms with van der Waals surface area (Å²) in [7, 11) is 0. The van der Waals surface area contributed by atoms with Crippen LogP contribution in [-0.4, -0.2) is 23.4 Å². The van der Waals surface area contributed by atoms with E-state index < -0.39 is 29.2 Å². The molecule has 0 bridgehead atoms. The Kier molecular flexibility index (Phi) is 5.99. The molecule has 1 rings (SSSR count). The Bertz CT molecular complexity index is 586. The van der Waals surface area contributed by atoms with E-state index in [-0.39, 0.29) is 11.4 Å². The minimum absolute atomic E-state index is 0.352. The first-order valence-corrected chi connectivity index (χ1v) is 6.01. The molecule has 1 amide bonds. The number of hydrogen-bond donors (Lipinski definition) is 1. The van der Waals surface area contributed by atoms with E-state index in [0.717, 1.165) is 18.2 Å². The quantitative estimate of drug-likeness (QED) is 0.375. The number of nitro benzene ring substituents is 1. The van der Waals surface area contributed by atoms with E-state index in [0.29, 0.717) is 6.42 Å². The Morgan fingerprint density at radius 2 is 2.19 bits per heavy atom. The maximum absolute atomic E-state index is 13.4. The number of esters is 1. The van der Waals surface area contributed by atoms with Crippen molar-refractivity contribution in [3.8, 4) is 0 Å². The number of carbonyl (C=O) groups excluding carboxylic acids is 2. The molecule has 0 heterocycles. The Morgan fingerprint density at radius 3 is 2.81 bits per heavy atom. The fourth-order valence-corrected chi connectivity index (χ4v) is 1.31. The van der Waals surface area contributed by atoms with Gasteiger partial charge in [0.05, 0.1) is 10.6 Å². The molecular formula is C13H13FN2O5. The highest BCUT2D eigenvalue weighted by atomic mass is 19.1. The zero-order valence-electron chi connectivity index (χ0n) is 11.2. The number of ether oxygens (including phenoxy) is 1. The molecule has 0 unspecified atom stereocenters. The number of allylic oxidation sites excluding steroid dienone is 1. The molecule has 0 atom stereocenters. The lowest BCUT2D eigenvalue weighted by Crippen LogP contribution is -2.20. The van der Waals surface area contributed by atoms with Gasteiger partial charge in [0.25, 0.3) is 11.6 Å². The topological polar surface area (TPSA) is 98.5 Å². The van der Waals surface area contributed by atoms with E-state index >= 15 is 0 Å². The van der Waals surface area contributed by atoms with Crippen molar-refractivity contribution >= 4 is 23.3 Å². The molecule has 0 spiro atoms. The van der Waals surface area contributed by atoms with Gasteiger partial charge in [-0.05, 0) is 12.5 Å². The number of rotatable bonds is 6. The van der Waals surface area contributed by atoms with Crippen LogP contribution in [0.1, 0.15) is 13.3 Å². The average molecular weight is 296 g/mol. The Hall–Kier alpha value is -2.77. The van der Waals surface area contributed by atoms with Gasteiger partial charge in [-0.3, -0.25) is 14.9 Å². The summed E-state index contributed by atoms with van der Waals surface area (Å²) in [4.78, 5) is 32.4. The predicted octanol–water partition coefficient (Wildman–Crippen LogP) is 2.18. The van der Waals surface area contributed by atoms with Crippen LogP contribution in [0.4, 0.5) is 15.8 Å². The maximum Gasteiger partial charge on any atom is 0.330 e. The predicted molar refractivity (Wildman–Crippen MR) is 72.1 cm³/mol. The molecular weight excluding hydrogens is 283 g/mol. The Balaban J connectivity index is 2.62. The Labute approximate surface area is 119 Å². The van der Waals surface area contributed by atoms with E-state index in [1.54, 1.807) is 6.08 Å². The van der Waals surface area contributed by atoms with Crippen LogP contribution in [0.15, 0.2) is 30.4 Å². The van der Waals surface area contributed by atoms with Crippen molar-refractivity contribution in [2.24, 2.45) is 0 Å². The summed E-state index contributed by atoms with van der Waals surface area (Å²) in [5.41, 5.74) is -0.719. The molecule has 1 N–H and O–H groups in total. The zero-order chi connectivity index (χ0) is 15.8.